The van der Waals surface area contributed by atoms with Crippen molar-refractivity contribution >= 4 is 5.90 Å². The topological polar surface area (TPSA) is 21.6 Å². The molecule has 1 atom stereocenters. The second-order valence-corrected chi connectivity index (χ2v) is 5.76. The van der Waals surface area contributed by atoms with Crippen LogP contribution in [0.15, 0.2) is 4.99 Å². The van der Waals surface area contributed by atoms with Crippen molar-refractivity contribution in [1.29, 1.82) is 0 Å². The molecule has 2 saturated carbocycles. The summed E-state index contributed by atoms with van der Waals surface area (Å²) in [6.07, 6.45) is 18.1. The summed E-state index contributed by atoms with van der Waals surface area (Å²) >= 11 is 0. The molecule has 10 radical (unpaired) electrons. The summed E-state index contributed by atoms with van der Waals surface area (Å²) in [6.45, 7) is 7.29. The van der Waals surface area contributed by atoms with Crippen LogP contribution in [0.3, 0.4) is 0 Å². The van der Waals surface area contributed by atoms with Gasteiger partial charge in [0, 0.05) is 17.1 Å². The summed E-state index contributed by atoms with van der Waals surface area (Å²) in [6, 6.07) is 0.285. The largest absolute Gasteiger partial charge is 0.478 e. The summed E-state index contributed by atoms with van der Waals surface area (Å²) in [5.74, 6) is 1.90. The molecule has 0 spiro atoms. The molecule has 2 nitrogen and oxygen atoms in total. The standard InChI is InChI=1S/C12H16NO.C5H5.Fe/c1-12(2,3)10-8-14-11(13-10)9-6-4-5-7-9;1-2-4-5-3-1;/h4-7,10H,8H2,1-3H3;1-5H;/t10-;;/m1../s1. The molecule has 108 valence electrons. The molecule has 20 heavy (non-hydrogen) atoms. The number of rotatable bonds is 1. The van der Waals surface area contributed by atoms with E-state index in [1.807, 2.05) is 57.8 Å². The SMILES string of the molecule is CC(C)(C)[C@H]1COC([C]2[CH][CH][CH][CH]2)=N1.[CH]1[CH][CH][CH][CH]1.[Fe]. The van der Waals surface area contributed by atoms with Gasteiger partial charge in [0.15, 0.2) is 5.90 Å². The maximum absolute atomic E-state index is 5.59. The molecular formula is C17H21FeNO. The van der Waals surface area contributed by atoms with Crippen molar-refractivity contribution in [3.05, 3.63) is 63.7 Å². The van der Waals surface area contributed by atoms with E-state index in [4.69, 9.17) is 4.74 Å². The van der Waals surface area contributed by atoms with Crippen LogP contribution in [0.1, 0.15) is 20.8 Å². The van der Waals surface area contributed by atoms with Gasteiger partial charge in [-0.05, 0) is 63.2 Å². The average molecular weight is 311 g/mol. The molecule has 1 aliphatic heterocycles. The van der Waals surface area contributed by atoms with E-state index in [1.165, 1.54) is 0 Å². The van der Waals surface area contributed by atoms with Crippen molar-refractivity contribution in [3.8, 4) is 0 Å². The van der Waals surface area contributed by atoms with Gasteiger partial charge in [0.1, 0.15) is 6.61 Å². The zero-order chi connectivity index (χ0) is 13.7. The Morgan fingerprint density at radius 1 is 0.950 bits per heavy atom. The fourth-order valence-corrected chi connectivity index (χ4v) is 1.81. The Morgan fingerprint density at radius 3 is 1.85 bits per heavy atom. The van der Waals surface area contributed by atoms with Gasteiger partial charge in [-0.15, -0.1) is 0 Å². The third-order valence-corrected chi connectivity index (χ3v) is 3.12. The Labute approximate surface area is 135 Å². The van der Waals surface area contributed by atoms with E-state index in [0.29, 0.717) is 6.61 Å². The first-order valence-electron chi connectivity index (χ1n) is 6.67. The summed E-state index contributed by atoms with van der Waals surface area (Å²) < 4.78 is 5.59. The van der Waals surface area contributed by atoms with Gasteiger partial charge in [0.05, 0.1) is 12.0 Å². The van der Waals surface area contributed by atoms with E-state index in [9.17, 15) is 0 Å². The van der Waals surface area contributed by atoms with Gasteiger partial charge in [-0.2, -0.15) is 0 Å². The fourth-order valence-electron chi connectivity index (χ4n) is 1.81. The molecule has 0 N–H and O–H groups in total. The Balaban J connectivity index is 0.000000283. The minimum Gasteiger partial charge on any atom is -0.478 e. The first-order chi connectivity index (χ1) is 9.07. The first-order valence-corrected chi connectivity index (χ1v) is 6.67. The molecular weight excluding hydrogens is 290 g/mol. The van der Waals surface area contributed by atoms with E-state index < -0.39 is 0 Å². The van der Waals surface area contributed by atoms with Crippen LogP contribution in [0.5, 0.6) is 0 Å². The van der Waals surface area contributed by atoms with E-state index in [1.54, 1.807) is 0 Å². The van der Waals surface area contributed by atoms with Crippen molar-refractivity contribution in [2.75, 3.05) is 6.61 Å². The Hall–Kier alpha value is -0.0105. The van der Waals surface area contributed by atoms with Gasteiger partial charge in [-0.1, -0.05) is 20.8 Å². The second kappa shape index (κ2) is 8.44. The average Bonchev–Trinajstić information content (AvgIpc) is 3.13. The van der Waals surface area contributed by atoms with Crippen LogP contribution >= 0.6 is 0 Å². The number of ether oxygens (including phenoxy) is 1. The van der Waals surface area contributed by atoms with Gasteiger partial charge >= 0.3 is 0 Å². The first kappa shape index (κ1) is 18.0. The zero-order valence-electron chi connectivity index (χ0n) is 12.2. The number of hydrogen-bond donors (Lipinski definition) is 0. The molecule has 3 rings (SSSR count). The molecule has 0 amide bonds. The molecule has 0 unspecified atom stereocenters. The van der Waals surface area contributed by atoms with Crippen molar-refractivity contribution in [2.24, 2.45) is 10.4 Å². The van der Waals surface area contributed by atoms with Gasteiger partial charge in [-0.25, -0.2) is 4.99 Å². The molecule has 0 aromatic rings. The van der Waals surface area contributed by atoms with E-state index in [0.717, 1.165) is 11.8 Å². The molecule has 0 aromatic carbocycles. The van der Waals surface area contributed by atoms with E-state index in [2.05, 4.69) is 25.8 Å². The molecule has 3 heteroatoms. The van der Waals surface area contributed by atoms with Gasteiger partial charge < -0.3 is 4.74 Å². The summed E-state index contributed by atoms with van der Waals surface area (Å²) in [5, 5.41) is 0. The van der Waals surface area contributed by atoms with Gasteiger partial charge in [0.25, 0.3) is 0 Å². The summed E-state index contributed by atoms with van der Waals surface area (Å²) in [7, 11) is 0. The fraction of sp³-hybridized carbons (Fsp3) is 0.353. The monoisotopic (exact) mass is 311 g/mol. The molecule has 0 saturated heterocycles. The van der Waals surface area contributed by atoms with Crippen molar-refractivity contribution < 1.29 is 21.8 Å². The van der Waals surface area contributed by atoms with E-state index in [-0.39, 0.29) is 28.5 Å². The molecule has 3 aliphatic rings. The molecule has 1 heterocycles. The zero-order valence-corrected chi connectivity index (χ0v) is 13.3. The molecule has 2 fully saturated rings. The van der Waals surface area contributed by atoms with Crippen LogP contribution in [0, 0.1) is 69.1 Å². The van der Waals surface area contributed by atoms with Crippen LogP contribution in [-0.4, -0.2) is 18.5 Å². The second-order valence-electron chi connectivity index (χ2n) is 5.76. The predicted octanol–water partition coefficient (Wildman–Crippen LogP) is 3.25. The molecule has 2 aliphatic carbocycles. The molecule has 0 bridgehead atoms. The van der Waals surface area contributed by atoms with Gasteiger partial charge in [0.2, 0.25) is 0 Å². The van der Waals surface area contributed by atoms with Crippen molar-refractivity contribution in [3.63, 3.8) is 0 Å². The predicted molar refractivity (Wildman–Crippen MR) is 78.6 cm³/mol. The number of aliphatic imine (C=N–C) groups is 1. The Kier molecular flexibility index (Phi) is 7.61. The smallest absolute Gasteiger partial charge is 0.191 e. The maximum Gasteiger partial charge on any atom is 0.191 e. The van der Waals surface area contributed by atoms with Crippen molar-refractivity contribution in [1.82, 2.24) is 0 Å². The molecule has 0 aromatic heterocycles. The third kappa shape index (κ3) is 5.41. The minimum atomic E-state index is 0. The normalized spacial score (nSPS) is 26.4. The van der Waals surface area contributed by atoms with Crippen LogP contribution < -0.4 is 0 Å². The quantitative estimate of drug-likeness (QED) is 0.681. The van der Waals surface area contributed by atoms with Crippen LogP contribution in [-0.2, 0) is 21.8 Å². The van der Waals surface area contributed by atoms with Crippen LogP contribution in [0.2, 0.25) is 0 Å². The van der Waals surface area contributed by atoms with Gasteiger partial charge in [-0.3, -0.25) is 0 Å². The summed E-state index contributed by atoms with van der Waals surface area (Å²) in [5.41, 5.74) is 0.189. The minimum absolute atomic E-state index is 0. The van der Waals surface area contributed by atoms with Crippen molar-refractivity contribution in [2.45, 2.75) is 26.8 Å². The Morgan fingerprint density at radius 2 is 1.45 bits per heavy atom. The number of hydrogen-bond acceptors (Lipinski definition) is 2. The Bertz CT molecular complexity index is 291. The maximum atomic E-state index is 5.59. The number of nitrogens with zero attached hydrogens (tertiary/aromatic N) is 1. The third-order valence-electron chi connectivity index (χ3n) is 3.12. The van der Waals surface area contributed by atoms with Crippen LogP contribution in [0.4, 0.5) is 0 Å². The summed E-state index contributed by atoms with van der Waals surface area (Å²) in [4.78, 5) is 4.60. The van der Waals surface area contributed by atoms with E-state index >= 15 is 0 Å². The van der Waals surface area contributed by atoms with Crippen LogP contribution in [0.25, 0.3) is 0 Å².